The van der Waals surface area contributed by atoms with Crippen LogP contribution in [0.1, 0.15) is 0 Å². The van der Waals surface area contributed by atoms with Gasteiger partial charge in [0.1, 0.15) is 0 Å². The smallest absolute Gasteiger partial charge is 0.0837 e. The molecule has 6 N–H and O–H groups in total. The van der Waals surface area contributed by atoms with Crippen LogP contribution >= 0.6 is 22.6 Å². The van der Waals surface area contributed by atoms with Gasteiger partial charge >= 0.3 is 0 Å². The maximum atomic E-state index is 6.07. The number of alkyl halides is 1. The molecule has 3 nitrogen and oxygen atoms in total. The molecule has 11 heavy (non-hydrogen) atoms. The summed E-state index contributed by atoms with van der Waals surface area (Å²) in [4.78, 5) is 0. The van der Waals surface area contributed by atoms with Crippen LogP contribution in [0.4, 0.5) is 0 Å². The second-order valence-electron chi connectivity index (χ2n) is 3.42. The first kappa shape index (κ1) is 7.97. The standard InChI is InChI=1S/C7H12IN3/c8-7(11)3-1-2-4(7)6(10)5(3)9/h1-6H,9-11H2. The van der Waals surface area contributed by atoms with Gasteiger partial charge in [-0.25, -0.2) is 0 Å². The van der Waals surface area contributed by atoms with Crippen LogP contribution < -0.4 is 17.2 Å². The Bertz CT molecular complexity index is 194. The summed E-state index contributed by atoms with van der Waals surface area (Å²) in [6, 6.07) is 0.0961. The monoisotopic (exact) mass is 265 g/mol. The maximum absolute atomic E-state index is 6.07. The van der Waals surface area contributed by atoms with Gasteiger partial charge in [-0.1, -0.05) is 34.7 Å². The van der Waals surface area contributed by atoms with Crippen LogP contribution in [0.3, 0.4) is 0 Å². The third-order valence-electron chi connectivity index (χ3n) is 2.82. The number of hydrogen-bond acceptors (Lipinski definition) is 3. The summed E-state index contributed by atoms with van der Waals surface area (Å²) >= 11 is 2.27. The van der Waals surface area contributed by atoms with Crippen molar-refractivity contribution in [1.29, 1.82) is 0 Å². The largest absolute Gasteiger partial charge is 0.326 e. The van der Waals surface area contributed by atoms with E-state index in [4.69, 9.17) is 17.2 Å². The Morgan fingerprint density at radius 2 is 1.45 bits per heavy atom. The quantitative estimate of drug-likeness (QED) is 0.240. The number of hydrogen-bond donors (Lipinski definition) is 3. The van der Waals surface area contributed by atoms with Crippen LogP contribution in [0.5, 0.6) is 0 Å². The lowest BCUT2D eigenvalue weighted by Gasteiger charge is -2.22. The van der Waals surface area contributed by atoms with E-state index in [-0.39, 0.29) is 27.5 Å². The zero-order valence-electron chi connectivity index (χ0n) is 6.07. The van der Waals surface area contributed by atoms with Crippen molar-refractivity contribution in [2.45, 2.75) is 15.6 Å². The molecule has 0 spiro atoms. The van der Waals surface area contributed by atoms with Crippen LogP contribution in [0, 0.1) is 11.8 Å². The van der Waals surface area contributed by atoms with Gasteiger partial charge in [-0.3, -0.25) is 0 Å². The molecule has 2 aliphatic carbocycles. The van der Waals surface area contributed by atoms with Gasteiger partial charge in [-0.2, -0.15) is 0 Å². The van der Waals surface area contributed by atoms with E-state index in [2.05, 4.69) is 34.7 Å². The minimum Gasteiger partial charge on any atom is -0.326 e. The molecule has 2 bridgehead atoms. The molecule has 0 aromatic rings. The summed E-state index contributed by atoms with van der Waals surface area (Å²) in [5.41, 5.74) is 17.8. The van der Waals surface area contributed by atoms with Crippen LogP contribution in [0.15, 0.2) is 12.2 Å². The second-order valence-corrected chi connectivity index (χ2v) is 5.29. The summed E-state index contributed by atoms with van der Waals surface area (Å²) in [6.07, 6.45) is 4.20. The van der Waals surface area contributed by atoms with E-state index in [0.29, 0.717) is 0 Å². The first-order valence-electron chi connectivity index (χ1n) is 3.72. The van der Waals surface area contributed by atoms with E-state index < -0.39 is 0 Å². The highest BCUT2D eigenvalue weighted by Crippen LogP contribution is 2.48. The first-order valence-corrected chi connectivity index (χ1v) is 4.80. The van der Waals surface area contributed by atoms with E-state index in [0.717, 1.165) is 0 Å². The molecule has 2 rings (SSSR count). The zero-order valence-corrected chi connectivity index (χ0v) is 8.23. The Morgan fingerprint density at radius 1 is 1.09 bits per heavy atom. The van der Waals surface area contributed by atoms with Gasteiger partial charge < -0.3 is 17.2 Å². The average molecular weight is 265 g/mol. The predicted octanol–water partition coefficient (Wildman–Crippen LogP) is -0.453. The molecule has 0 aliphatic heterocycles. The molecule has 62 valence electrons. The summed E-state index contributed by atoms with van der Waals surface area (Å²) < 4.78 is -0.226. The highest BCUT2D eigenvalue weighted by molar-refractivity contribution is 14.1. The van der Waals surface area contributed by atoms with Gasteiger partial charge in [-0.15, -0.1) is 0 Å². The summed E-state index contributed by atoms with van der Waals surface area (Å²) in [5.74, 6) is 0.534. The second kappa shape index (κ2) is 2.18. The Hall–Kier alpha value is 0.350. The van der Waals surface area contributed by atoms with Crippen LogP contribution in [-0.4, -0.2) is 15.6 Å². The summed E-state index contributed by atoms with van der Waals surface area (Å²) in [6.45, 7) is 0. The molecular formula is C7H12IN3. The van der Waals surface area contributed by atoms with Gasteiger partial charge in [0.05, 0.1) is 3.55 Å². The molecule has 1 saturated carbocycles. The molecule has 2 aliphatic rings. The SMILES string of the molecule is NC1C(N)C2C=CC1C2(N)I. The van der Waals surface area contributed by atoms with Crippen molar-refractivity contribution < 1.29 is 0 Å². The van der Waals surface area contributed by atoms with E-state index in [1.807, 2.05) is 0 Å². The first-order chi connectivity index (χ1) is 5.05. The van der Waals surface area contributed by atoms with E-state index in [1.165, 1.54) is 0 Å². The van der Waals surface area contributed by atoms with Gasteiger partial charge in [0, 0.05) is 23.9 Å². The normalized spacial score (nSPS) is 60.7. The zero-order chi connectivity index (χ0) is 8.22. The Kier molecular flexibility index (Phi) is 1.58. The average Bonchev–Trinajstić information content (AvgIpc) is 2.27. The maximum Gasteiger partial charge on any atom is 0.0837 e. The molecule has 0 saturated heterocycles. The number of rotatable bonds is 0. The molecule has 0 amide bonds. The van der Waals surface area contributed by atoms with Gasteiger partial charge in [-0.05, 0) is 0 Å². The lowest BCUT2D eigenvalue weighted by Crippen LogP contribution is -2.43. The number of fused-ring (bicyclic) bond motifs is 2. The van der Waals surface area contributed by atoms with Crippen molar-refractivity contribution in [3.63, 3.8) is 0 Å². The molecule has 4 unspecified atom stereocenters. The van der Waals surface area contributed by atoms with Crippen molar-refractivity contribution in [1.82, 2.24) is 0 Å². The predicted molar refractivity (Wildman–Crippen MR) is 53.0 cm³/mol. The van der Waals surface area contributed by atoms with E-state index >= 15 is 0 Å². The van der Waals surface area contributed by atoms with E-state index in [1.54, 1.807) is 0 Å². The van der Waals surface area contributed by atoms with Gasteiger partial charge in [0.15, 0.2) is 0 Å². The molecular weight excluding hydrogens is 253 g/mol. The topological polar surface area (TPSA) is 78.1 Å². The van der Waals surface area contributed by atoms with Crippen molar-refractivity contribution >= 4 is 22.6 Å². The fraction of sp³-hybridized carbons (Fsp3) is 0.714. The lowest BCUT2D eigenvalue weighted by molar-refractivity contribution is 0.499. The third-order valence-corrected chi connectivity index (χ3v) is 4.26. The Labute approximate surface area is 79.5 Å². The van der Waals surface area contributed by atoms with Crippen molar-refractivity contribution in [2.24, 2.45) is 29.0 Å². The molecule has 1 fully saturated rings. The van der Waals surface area contributed by atoms with Crippen molar-refractivity contribution in [3.8, 4) is 0 Å². The lowest BCUT2D eigenvalue weighted by atomic mass is 9.98. The van der Waals surface area contributed by atoms with Crippen molar-refractivity contribution in [3.05, 3.63) is 12.2 Å². The summed E-state index contributed by atoms with van der Waals surface area (Å²) in [7, 11) is 0. The summed E-state index contributed by atoms with van der Waals surface area (Å²) in [5, 5.41) is 0. The van der Waals surface area contributed by atoms with Crippen LogP contribution in [0.25, 0.3) is 0 Å². The fourth-order valence-electron chi connectivity index (χ4n) is 2.08. The van der Waals surface area contributed by atoms with E-state index in [9.17, 15) is 0 Å². The van der Waals surface area contributed by atoms with Gasteiger partial charge in [0.2, 0.25) is 0 Å². The minimum atomic E-state index is -0.226. The molecule has 0 heterocycles. The molecule has 0 radical (unpaired) electrons. The Balaban J connectivity index is 2.38. The molecule has 4 heteroatoms. The van der Waals surface area contributed by atoms with Gasteiger partial charge in [0.25, 0.3) is 0 Å². The number of halogens is 1. The van der Waals surface area contributed by atoms with Crippen molar-refractivity contribution in [2.75, 3.05) is 0 Å². The third kappa shape index (κ3) is 0.838. The molecule has 4 atom stereocenters. The Morgan fingerprint density at radius 3 is 1.64 bits per heavy atom. The highest BCUT2D eigenvalue weighted by Gasteiger charge is 2.55. The molecule has 0 aromatic heterocycles. The minimum absolute atomic E-state index is 0.0481. The van der Waals surface area contributed by atoms with Crippen LogP contribution in [-0.2, 0) is 0 Å². The number of nitrogens with two attached hydrogens (primary N) is 3. The molecule has 0 aromatic carbocycles. The highest BCUT2D eigenvalue weighted by atomic mass is 127. The van der Waals surface area contributed by atoms with Crippen LogP contribution in [0.2, 0.25) is 0 Å². The fourth-order valence-corrected chi connectivity index (χ4v) is 3.33.